The lowest BCUT2D eigenvalue weighted by Gasteiger charge is -2.31. The summed E-state index contributed by atoms with van der Waals surface area (Å²) in [5.41, 5.74) is 0.925. The number of carboxylic acids is 1. The van der Waals surface area contributed by atoms with Crippen LogP contribution in [0.5, 0.6) is 0 Å². The first kappa shape index (κ1) is 25.3. The molecule has 0 radical (unpaired) electrons. The van der Waals surface area contributed by atoms with Crippen molar-refractivity contribution in [1.82, 2.24) is 4.90 Å². The third kappa shape index (κ3) is 6.18. The van der Waals surface area contributed by atoms with E-state index in [4.69, 9.17) is 13.8 Å². The van der Waals surface area contributed by atoms with Gasteiger partial charge in [0.05, 0.1) is 37.7 Å². The number of carbonyl (C=O) groups excluding carboxylic acids is 2. The van der Waals surface area contributed by atoms with Crippen LogP contribution in [0.1, 0.15) is 25.3 Å². The summed E-state index contributed by atoms with van der Waals surface area (Å²) >= 11 is 0. The number of hydrogen-bond acceptors (Lipinski definition) is 8. The fraction of sp³-hybridized carbons (Fsp3) is 0.522. The smallest absolute Gasteiger partial charge is 0.327 e. The second-order valence-electron chi connectivity index (χ2n) is 8.14. The van der Waals surface area contributed by atoms with E-state index in [1.165, 1.54) is 12.7 Å². The lowest BCUT2D eigenvalue weighted by Crippen LogP contribution is -2.45. The molecular formula is C23H30NO8P. The number of rotatable bonds is 12. The summed E-state index contributed by atoms with van der Waals surface area (Å²) in [6.45, 7) is 3.99. The minimum atomic E-state index is -3.07. The van der Waals surface area contributed by atoms with E-state index < -0.39 is 43.5 Å². The van der Waals surface area contributed by atoms with Gasteiger partial charge >= 0.3 is 19.5 Å². The van der Waals surface area contributed by atoms with E-state index in [0.29, 0.717) is 19.4 Å². The number of ketones is 1. The van der Waals surface area contributed by atoms with Crippen LogP contribution in [0, 0.1) is 11.8 Å². The van der Waals surface area contributed by atoms with E-state index in [1.807, 2.05) is 30.3 Å². The molecule has 2 aliphatic heterocycles. The molecule has 1 N–H and O–H groups in total. The highest BCUT2D eigenvalue weighted by Crippen LogP contribution is 2.44. The molecule has 2 heterocycles. The van der Waals surface area contributed by atoms with Crippen LogP contribution in [-0.4, -0.2) is 66.3 Å². The van der Waals surface area contributed by atoms with Gasteiger partial charge in [-0.3, -0.25) is 23.8 Å². The number of carbonyl (C=O) groups is 3. The molecule has 10 heteroatoms. The van der Waals surface area contributed by atoms with Gasteiger partial charge in [-0.05, 0) is 31.4 Å². The SMILES string of the molecule is CCOP(C)(=O)OCCCCOC(=O)C1C(C(=O)O)[C@H]2C=CC(=O)[C@@H]1N2Cc1ccccc1. The van der Waals surface area contributed by atoms with Crippen LogP contribution in [0.3, 0.4) is 0 Å². The van der Waals surface area contributed by atoms with Gasteiger partial charge in [0.1, 0.15) is 0 Å². The van der Waals surface area contributed by atoms with Crippen molar-refractivity contribution in [3.05, 3.63) is 48.0 Å². The van der Waals surface area contributed by atoms with E-state index >= 15 is 0 Å². The number of benzene rings is 1. The molecule has 0 amide bonds. The van der Waals surface area contributed by atoms with E-state index in [-0.39, 0.29) is 25.6 Å². The zero-order chi connectivity index (χ0) is 24.0. The average Bonchev–Trinajstić information content (AvgIpc) is 2.99. The van der Waals surface area contributed by atoms with Gasteiger partial charge in [-0.1, -0.05) is 36.4 Å². The van der Waals surface area contributed by atoms with Crippen molar-refractivity contribution in [3.63, 3.8) is 0 Å². The number of esters is 1. The number of aliphatic carboxylic acids is 1. The average molecular weight is 479 g/mol. The molecule has 2 aliphatic rings. The Balaban J connectivity index is 1.62. The minimum Gasteiger partial charge on any atom is -0.481 e. The molecule has 1 aromatic rings. The van der Waals surface area contributed by atoms with Crippen molar-refractivity contribution in [2.24, 2.45) is 11.8 Å². The fourth-order valence-corrected chi connectivity index (χ4v) is 5.42. The monoisotopic (exact) mass is 479 g/mol. The molecule has 0 saturated carbocycles. The Labute approximate surface area is 193 Å². The van der Waals surface area contributed by atoms with Gasteiger partial charge in [-0.15, -0.1) is 0 Å². The molecule has 3 unspecified atom stereocenters. The predicted octanol–water partition coefficient (Wildman–Crippen LogP) is 2.89. The highest BCUT2D eigenvalue weighted by Gasteiger charge is 2.58. The summed E-state index contributed by atoms with van der Waals surface area (Å²) in [7, 11) is -3.07. The maximum Gasteiger partial charge on any atom is 0.327 e. The minimum absolute atomic E-state index is 0.0470. The van der Waals surface area contributed by atoms with Crippen molar-refractivity contribution >= 4 is 25.3 Å². The van der Waals surface area contributed by atoms with Gasteiger partial charge in [-0.25, -0.2) is 0 Å². The van der Waals surface area contributed by atoms with Crippen LogP contribution in [0.25, 0.3) is 0 Å². The van der Waals surface area contributed by atoms with Crippen LogP contribution in [0.4, 0.5) is 0 Å². The Kier molecular flexibility index (Phi) is 8.59. The summed E-state index contributed by atoms with van der Waals surface area (Å²) < 4.78 is 27.5. The third-order valence-corrected chi connectivity index (χ3v) is 7.20. The molecule has 2 bridgehead atoms. The molecule has 33 heavy (non-hydrogen) atoms. The van der Waals surface area contributed by atoms with Gasteiger partial charge in [-0.2, -0.15) is 0 Å². The first-order valence-electron chi connectivity index (χ1n) is 11.0. The van der Waals surface area contributed by atoms with Crippen LogP contribution < -0.4 is 0 Å². The maximum absolute atomic E-state index is 12.9. The van der Waals surface area contributed by atoms with Crippen molar-refractivity contribution in [2.75, 3.05) is 26.5 Å². The standard InChI is InChI=1S/C23H30NO8P/c1-3-31-33(2,29)32-14-8-7-13-30-23(28)20-19(22(26)27)17-11-12-18(25)21(20)24(17)15-16-9-5-4-6-10-16/h4-6,9-12,17,19-21H,3,7-8,13-15H2,1-2H3,(H,26,27)/t17-,19?,20?,21+,33?/m1/s1. The quantitative estimate of drug-likeness (QED) is 0.274. The van der Waals surface area contributed by atoms with Crippen LogP contribution in [0.15, 0.2) is 42.5 Å². The number of fused-ring (bicyclic) bond motifs is 2. The summed E-state index contributed by atoms with van der Waals surface area (Å²) in [6.07, 6.45) is 3.87. The van der Waals surface area contributed by atoms with Gasteiger partial charge in [0, 0.05) is 19.3 Å². The van der Waals surface area contributed by atoms with E-state index in [1.54, 1.807) is 17.9 Å². The Hall–Kier alpha value is -2.32. The highest BCUT2D eigenvalue weighted by molar-refractivity contribution is 7.52. The van der Waals surface area contributed by atoms with Crippen molar-refractivity contribution in [1.29, 1.82) is 0 Å². The molecule has 5 atom stereocenters. The van der Waals surface area contributed by atoms with Crippen molar-refractivity contribution in [3.8, 4) is 0 Å². The summed E-state index contributed by atoms with van der Waals surface area (Å²) in [5.74, 6) is -4.29. The van der Waals surface area contributed by atoms with Gasteiger partial charge in [0.2, 0.25) is 0 Å². The van der Waals surface area contributed by atoms with Crippen LogP contribution >= 0.6 is 7.60 Å². The highest BCUT2D eigenvalue weighted by atomic mass is 31.2. The predicted molar refractivity (Wildman–Crippen MR) is 120 cm³/mol. The van der Waals surface area contributed by atoms with Crippen molar-refractivity contribution < 1.29 is 37.8 Å². The number of unbranched alkanes of at least 4 members (excludes halogenated alkanes) is 1. The second kappa shape index (κ2) is 11.2. The Bertz CT molecular complexity index is 934. The molecular weight excluding hydrogens is 449 g/mol. The number of hydrogen-bond donors (Lipinski definition) is 1. The maximum atomic E-state index is 12.9. The number of nitrogens with zero attached hydrogens (tertiary/aromatic N) is 1. The zero-order valence-corrected chi connectivity index (χ0v) is 19.7. The zero-order valence-electron chi connectivity index (χ0n) is 18.8. The second-order valence-corrected chi connectivity index (χ2v) is 10.2. The molecule has 3 rings (SSSR count). The summed E-state index contributed by atoms with van der Waals surface area (Å²) in [4.78, 5) is 39.5. The first-order chi connectivity index (χ1) is 15.7. The Morgan fingerprint density at radius 2 is 1.79 bits per heavy atom. The third-order valence-electron chi connectivity index (χ3n) is 5.82. The normalized spacial score (nSPS) is 26.2. The molecule has 0 aliphatic carbocycles. The molecule has 0 aromatic heterocycles. The lowest BCUT2D eigenvalue weighted by molar-refractivity contribution is -0.157. The Morgan fingerprint density at radius 3 is 2.45 bits per heavy atom. The number of ether oxygens (including phenoxy) is 1. The van der Waals surface area contributed by atoms with Crippen molar-refractivity contribution in [2.45, 2.75) is 38.4 Å². The van der Waals surface area contributed by atoms with Crippen LogP contribution in [0.2, 0.25) is 0 Å². The van der Waals surface area contributed by atoms with E-state index in [2.05, 4.69) is 0 Å². The molecule has 1 aromatic carbocycles. The molecule has 1 saturated heterocycles. The van der Waals surface area contributed by atoms with Gasteiger partial charge in [0.15, 0.2) is 5.78 Å². The fourth-order valence-electron chi connectivity index (χ4n) is 4.42. The van der Waals surface area contributed by atoms with E-state index in [0.717, 1.165) is 5.56 Å². The van der Waals surface area contributed by atoms with Gasteiger partial charge < -0.3 is 18.9 Å². The summed E-state index contributed by atoms with van der Waals surface area (Å²) in [5, 5.41) is 9.88. The lowest BCUT2D eigenvalue weighted by atomic mass is 9.87. The molecule has 9 nitrogen and oxygen atoms in total. The van der Waals surface area contributed by atoms with Crippen LogP contribution in [-0.2, 0) is 39.3 Å². The largest absolute Gasteiger partial charge is 0.481 e. The van der Waals surface area contributed by atoms with E-state index in [9.17, 15) is 24.1 Å². The molecule has 180 valence electrons. The molecule has 0 spiro atoms. The number of carboxylic acid groups (broad SMARTS) is 1. The topological polar surface area (TPSA) is 119 Å². The van der Waals surface area contributed by atoms with Gasteiger partial charge in [0.25, 0.3) is 0 Å². The first-order valence-corrected chi connectivity index (χ1v) is 13.0. The summed E-state index contributed by atoms with van der Waals surface area (Å²) in [6, 6.07) is 7.95. The Morgan fingerprint density at radius 1 is 1.09 bits per heavy atom. The molecule has 1 fully saturated rings.